The molecule has 0 aliphatic carbocycles. The average molecular weight is 440 g/mol. The zero-order valence-corrected chi connectivity index (χ0v) is 16.6. The molecular weight excluding hydrogens is 423 g/mol. The van der Waals surface area contributed by atoms with Gasteiger partial charge in [0, 0.05) is 30.5 Å². The van der Waals surface area contributed by atoms with Crippen LogP contribution in [0.1, 0.15) is 0 Å². The van der Waals surface area contributed by atoms with E-state index in [-0.39, 0.29) is 15.7 Å². The van der Waals surface area contributed by atoms with E-state index in [0.717, 1.165) is 12.1 Å². The van der Waals surface area contributed by atoms with Gasteiger partial charge in [-0.1, -0.05) is 0 Å². The Hall–Kier alpha value is -2.67. The predicted octanol–water partition coefficient (Wildman–Crippen LogP) is 2.56. The molecule has 0 aromatic heterocycles. The number of nitro benzene ring substituents is 1. The van der Waals surface area contributed by atoms with E-state index >= 15 is 0 Å². The first kappa shape index (κ1) is 21.0. The molecule has 1 heterocycles. The molecule has 0 atom stereocenters. The van der Waals surface area contributed by atoms with E-state index in [1.165, 1.54) is 22.5 Å². The third-order valence-corrected chi connectivity index (χ3v) is 6.24. The molecule has 9 nitrogen and oxygen atoms in total. The number of ether oxygens (including phenoxy) is 1. The molecule has 3 rings (SSSR count). The van der Waals surface area contributed by atoms with Crippen LogP contribution in [0.4, 0.5) is 21.5 Å². The van der Waals surface area contributed by atoms with Gasteiger partial charge < -0.3 is 15.4 Å². The van der Waals surface area contributed by atoms with Gasteiger partial charge in [0.15, 0.2) is 5.11 Å². The molecular formula is C17H17FN4O5S2. The molecule has 2 aromatic carbocycles. The minimum Gasteiger partial charge on any atom is -0.379 e. The molecule has 2 N–H and O–H groups in total. The standard InChI is InChI=1S/C17H17FN4O5S2/c18-15-6-3-13(11-16(15)22(23)24)20-17(28)19-12-1-4-14(5-2-12)29(25,26)21-7-9-27-10-8-21/h1-6,11H,7-10H2,(H2,19,20,28). The summed E-state index contributed by atoms with van der Waals surface area (Å²) in [6, 6.07) is 9.32. The summed E-state index contributed by atoms with van der Waals surface area (Å²) in [5.41, 5.74) is 0.0811. The lowest BCUT2D eigenvalue weighted by atomic mass is 10.2. The molecule has 1 fully saturated rings. The topological polar surface area (TPSA) is 114 Å². The van der Waals surface area contributed by atoms with Crippen LogP contribution in [-0.2, 0) is 14.8 Å². The molecule has 1 aliphatic heterocycles. The Bertz CT molecular complexity index is 1020. The van der Waals surface area contributed by atoms with Crippen molar-refractivity contribution in [1.82, 2.24) is 4.31 Å². The fraction of sp³-hybridized carbons (Fsp3) is 0.235. The molecule has 1 saturated heterocycles. The van der Waals surface area contributed by atoms with E-state index in [0.29, 0.717) is 32.0 Å². The van der Waals surface area contributed by atoms with Crippen molar-refractivity contribution >= 4 is 44.4 Å². The summed E-state index contributed by atoms with van der Waals surface area (Å²) in [7, 11) is -3.60. The highest BCUT2D eigenvalue weighted by atomic mass is 32.2. The molecule has 0 saturated carbocycles. The van der Waals surface area contributed by atoms with Crippen molar-refractivity contribution in [2.45, 2.75) is 4.90 Å². The number of halogens is 1. The average Bonchev–Trinajstić information content (AvgIpc) is 2.70. The number of morpholine rings is 1. The van der Waals surface area contributed by atoms with E-state index in [9.17, 15) is 22.9 Å². The summed E-state index contributed by atoms with van der Waals surface area (Å²) in [5, 5.41) is 16.5. The maximum Gasteiger partial charge on any atom is 0.306 e. The van der Waals surface area contributed by atoms with Gasteiger partial charge in [-0.15, -0.1) is 0 Å². The number of thiocarbonyl (C=S) groups is 1. The zero-order valence-electron chi connectivity index (χ0n) is 15.0. The summed E-state index contributed by atoms with van der Waals surface area (Å²) < 4.78 is 45.1. The van der Waals surface area contributed by atoms with E-state index in [1.54, 1.807) is 12.1 Å². The number of rotatable bonds is 5. The van der Waals surface area contributed by atoms with E-state index in [1.807, 2.05) is 0 Å². The molecule has 2 aromatic rings. The first-order valence-electron chi connectivity index (χ1n) is 8.47. The van der Waals surface area contributed by atoms with Gasteiger partial charge >= 0.3 is 5.69 Å². The van der Waals surface area contributed by atoms with E-state index < -0.39 is 26.5 Å². The van der Waals surface area contributed by atoms with Crippen molar-refractivity contribution < 1.29 is 22.5 Å². The maximum absolute atomic E-state index is 13.4. The van der Waals surface area contributed by atoms with Gasteiger partial charge in [-0.25, -0.2) is 8.42 Å². The minimum atomic E-state index is -3.60. The quantitative estimate of drug-likeness (QED) is 0.414. The van der Waals surface area contributed by atoms with Gasteiger partial charge in [0.1, 0.15) is 0 Å². The monoisotopic (exact) mass is 440 g/mol. The highest BCUT2D eigenvalue weighted by Crippen LogP contribution is 2.22. The van der Waals surface area contributed by atoms with Crippen molar-refractivity contribution in [2.24, 2.45) is 0 Å². The minimum absolute atomic E-state index is 0.106. The lowest BCUT2D eigenvalue weighted by molar-refractivity contribution is -0.387. The molecule has 0 radical (unpaired) electrons. The number of nitrogens with zero attached hydrogens (tertiary/aromatic N) is 2. The molecule has 0 unspecified atom stereocenters. The van der Waals surface area contributed by atoms with Gasteiger partial charge in [0.2, 0.25) is 15.8 Å². The van der Waals surface area contributed by atoms with Gasteiger partial charge in [-0.2, -0.15) is 8.70 Å². The first-order chi connectivity index (χ1) is 13.8. The normalized spacial score (nSPS) is 14.9. The molecule has 1 aliphatic rings. The van der Waals surface area contributed by atoms with Crippen molar-refractivity contribution in [2.75, 3.05) is 36.9 Å². The maximum atomic E-state index is 13.4. The summed E-state index contributed by atoms with van der Waals surface area (Å²) in [6.45, 7) is 1.33. The van der Waals surface area contributed by atoms with Crippen LogP contribution in [-0.4, -0.2) is 49.1 Å². The Morgan fingerprint density at radius 3 is 2.31 bits per heavy atom. The van der Waals surface area contributed by atoms with Crippen LogP contribution in [0.25, 0.3) is 0 Å². The number of benzene rings is 2. The third kappa shape index (κ3) is 5.03. The number of nitro groups is 1. The summed E-state index contributed by atoms with van der Waals surface area (Å²) >= 11 is 5.14. The van der Waals surface area contributed by atoms with Crippen LogP contribution in [0.3, 0.4) is 0 Å². The lowest BCUT2D eigenvalue weighted by Gasteiger charge is -2.26. The SMILES string of the molecule is O=[N+]([O-])c1cc(NC(=S)Nc2ccc(S(=O)(=O)N3CCOCC3)cc2)ccc1F. The third-order valence-electron chi connectivity index (χ3n) is 4.12. The van der Waals surface area contributed by atoms with Crippen molar-refractivity contribution in [3.63, 3.8) is 0 Å². The smallest absolute Gasteiger partial charge is 0.306 e. The largest absolute Gasteiger partial charge is 0.379 e. The van der Waals surface area contributed by atoms with Crippen LogP contribution in [0.2, 0.25) is 0 Å². The molecule has 12 heteroatoms. The van der Waals surface area contributed by atoms with Crippen LogP contribution >= 0.6 is 12.2 Å². The molecule has 0 amide bonds. The fourth-order valence-corrected chi connectivity index (χ4v) is 4.31. The Balaban J connectivity index is 1.66. The van der Waals surface area contributed by atoms with Crippen LogP contribution < -0.4 is 10.6 Å². The molecule has 29 heavy (non-hydrogen) atoms. The Morgan fingerprint density at radius 1 is 1.10 bits per heavy atom. The number of sulfonamides is 1. The number of hydrogen-bond acceptors (Lipinski definition) is 6. The van der Waals surface area contributed by atoms with E-state index in [4.69, 9.17) is 17.0 Å². The lowest BCUT2D eigenvalue weighted by Crippen LogP contribution is -2.40. The highest BCUT2D eigenvalue weighted by Gasteiger charge is 2.26. The van der Waals surface area contributed by atoms with Crippen molar-refractivity contribution in [3.8, 4) is 0 Å². The second kappa shape index (κ2) is 8.78. The Kier molecular flexibility index (Phi) is 6.37. The number of nitrogens with one attached hydrogen (secondary N) is 2. The summed E-state index contributed by atoms with van der Waals surface area (Å²) in [6.07, 6.45) is 0. The van der Waals surface area contributed by atoms with Crippen LogP contribution in [0.15, 0.2) is 47.4 Å². The van der Waals surface area contributed by atoms with Crippen LogP contribution in [0.5, 0.6) is 0 Å². The fourth-order valence-electron chi connectivity index (χ4n) is 2.67. The van der Waals surface area contributed by atoms with Gasteiger partial charge in [-0.05, 0) is 48.6 Å². The Labute approximate surface area is 171 Å². The number of anilines is 2. The van der Waals surface area contributed by atoms with Gasteiger partial charge in [0.25, 0.3) is 0 Å². The summed E-state index contributed by atoms with van der Waals surface area (Å²) in [4.78, 5) is 10.1. The van der Waals surface area contributed by atoms with E-state index in [2.05, 4.69) is 10.6 Å². The highest BCUT2D eigenvalue weighted by molar-refractivity contribution is 7.89. The first-order valence-corrected chi connectivity index (χ1v) is 10.3. The second-order valence-electron chi connectivity index (χ2n) is 6.04. The molecule has 0 bridgehead atoms. The van der Waals surface area contributed by atoms with Crippen molar-refractivity contribution in [3.05, 3.63) is 58.4 Å². The van der Waals surface area contributed by atoms with Crippen molar-refractivity contribution in [1.29, 1.82) is 0 Å². The predicted molar refractivity (Wildman–Crippen MR) is 109 cm³/mol. The summed E-state index contributed by atoms with van der Waals surface area (Å²) in [5.74, 6) is -0.948. The number of hydrogen-bond donors (Lipinski definition) is 2. The van der Waals surface area contributed by atoms with Gasteiger partial charge in [0.05, 0.1) is 23.0 Å². The molecule has 154 valence electrons. The van der Waals surface area contributed by atoms with Gasteiger partial charge in [-0.3, -0.25) is 10.1 Å². The second-order valence-corrected chi connectivity index (χ2v) is 8.39. The Morgan fingerprint density at radius 2 is 1.69 bits per heavy atom. The van der Waals surface area contributed by atoms with Crippen LogP contribution in [0, 0.1) is 15.9 Å². The molecule has 0 spiro atoms. The zero-order chi connectivity index (χ0) is 21.0.